The molecule has 6 heteroatoms. The topological polar surface area (TPSA) is 101 Å². The number of primary amides is 1. The molecular formula is C14H22N4O2. The van der Waals surface area contributed by atoms with Crippen LogP contribution in [0.4, 0.5) is 5.82 Å². The number of amides is 1. The Morgan fingerprint density at radius 2 is 2.15 bits per heavy atom. The first-order valence-electron chi connectivity index (χ1n) is 7.12. The molecule has 1 amide bonds. The van der Waals surface area contributed by atoms with E-state index in [4.69, 9.17) is 5.73 Å². The van der Waals surface area contributed by atoms with Gasteiger partial charge in [-0.3, -0.25) is 4.79 Å². The van der Waals surface area contributed by atoms with Gasteiger partial charge in [0.15, 0.2) is 5.69 Å². The molecule has 0 aromatic carbocycles. The van der Waals surface area contributed by atoms with Crippen LogP contribution in [0.1, 0.15) is 49.5 Å². The number of anilines is 1. The highest BCUT2D eigenvalue weighted by molar-refractivity contribution is 5.90. The third-order valence-corrected chi connectivity index (χ3v) is 4.13. The smallest absolute Gasteiger partial charge is 0.269 e. The molecule has 20 heavy (non-hydrogen) atoms. The van der Waals surface area contributed by atoms with Crippen LogP contribution in [0.2, 0.25) is 0 Å². The second-order valence-corrected chi connectivity index (χ2v) is 5.60. The third kappa shape index (κ3) is 3.66. The fourth-order valence-corrected chi connectivity index (χ4v) is 2.61. The maximum atomic E-state index is 10.9. The van der Waals surface area contributed by atoms with Gasteiger partial charge in [0.1, 0.15) is 5.82 Å². The minimum absolute atomic E-state index is 0.137. The van der Waals surface area contributed by atoms with Gasteiger partial charge in [0, 0.05) is 6.54 Å². The fourth-order valence-electron chi connectivity index (χ4n) is 2.61. The van der Waals surface area contributed by atoms with Crippen molar-refractivity contribution in [1.82, 2.24) is 10.2 Å². The summed E-state index contributed by atoms with van der Waals surface area (Å²) >= 11 is 0. The second kappa shape index (κ2) is 6.17. The Kier molecular flexibility index (Phi) is 4.54. The normalized spacial score (nSPS) is 26.2. The molecule has 1 aromatic rings. The van der Waals surface area contributed by atoms with Crippen molar-refractivity contribution in [2.45, 2.75) is 44.6 Å². The first-order valence-corrected chi connectivity index (χ1v) is 7.12. The predicted octanol–water partition coefficient (Wildman–Crippen LogP) is 1.32. The Balaban J connectivity index is 1.87. The van der Waals surface area contributed by atoms with Gasteiger partial charge in [-0.1, -0.05) is 13.3 Å². The molecular weight excluding hydrogens is 256 g/mol. The number of aliphatic hydroxyl groups is 1. The number of nitrogens with zero attached hydrogens (tertiary/aromatic N) is 2. The molecule has 110 valence electrons. The first kappa shape index (κ1) is 14.7. The minimum atomic E-state index is -0.671. The zero-order chi connectivity index (χ0) is 14.6. The lowest BCUT2D eigenvalue weighted by Gasteiger charge is -2.35. The molecule has 6 nitrogen and oxygen atoms in total. The van der Waals surface area contributed by atoms with Crippen LogP contribution >= 0.6 is 0 Å². The average Bonchev–Trinajstić information content (AvgIpc) is 2.46. The van der Waals surface area contributed by atoms with Gasteiger partial charge >= 0.3 is 0 Å². The summed E-state index contributed by atoms with van der Waals surface area (Å²) in [6.45, 7) is 2.65. The number of rotatable bonds is 5. The highest BCUT2D eigenvalue weighted by Crippen LogP contribution is 2.33. The largest absolute Gasteiger partial charge is 0.388 e. The molecule has 2 rings (SSSR count). The molecule has 4 N–H and O–H groups in total. The summed E-state index contributed by atoms with van der Waals surface area (Å²) < 4.78 is 0. The van der Waals surface area contributed by atoms with Crippen LogP contribution in [0.25, 0.3) is 0 Å². The number of hydrogen-bond acceptors (Lipinski definition) is 5. The number of carbonyl (C=O) groups excluding carboxylic acids is 1. The summed E-state index contributed by atoms with van der Waals surface area (Å²) in [6, 6.07) is 3.17. The predicted molar refractivity (Wildman–Crippen MR) is 76.2 cm³/mol. The summed E-state index contributed by atoms with van der Waals surface area (Å²) in [6.07, 6.45) is 4.95. The van der Waals surface area contributed by atoms with Crippen LogP contribution in [0.5, 0.6) is 0 Å². The monoisotopic (exact) mass is 278 g/mol. The lowest BCUT2D eigenvalue weighted by Crippen LogP contribution is -2.40. The zero-order valence-corrected chi connectivity index (χ0v) is 11.8. The van der Waals surface area contributed by atoms with Gasteiger partial charge in [0.25, 0.3) is 5.91 Å². The van der Waals surface area contributed by atoms with E-state index in [2.05, 4.69) is 22.4 Å². The van der Waals surface area contributed by atoms with E-state index in [1.54, 1.807) is 6.07 Å². The van der Waals surface area contributed by atoms with Crippen molar-refractivity contribution in [3.05, 3.63) is 17.8 Å². The second-order valence-electron chi connectivity index (χ2n) is 5.60. The first-order chi connectivity index (χ1) is 9.52. The van der Waals surface area contributed by atoms with Crippen molar-refractivity contribution in [2.75, 3.05) is 11.9 Å². The summed E-state index contributed by atoms with van der Waals surface area (Å²) in [5.74, 6) is 0.687. The average molecular weight is 278 g/mol. The van der Waals surface area contributed by atoms with Crippen LogP contribution in [-0.4, -0.2) is 33.4 Å². The van der Waals surface area contributed by atoms with E-state index >= 15 is 0 Å². The van der Waals surface area contributed by atoms with Gasteiger partial charge < -0.3 is 16.2 Å². The van der Waals surface area contributed by atoms with Gasteiger partial charge in [-0.15, -0.1) is 10.2 Å². The van der Waals surface area contributed by atoms with E-state index in [-0.39, 0.29) is 5.69 Å². The SMILES string of the molecule is CCC1CCC(O)(CNc2ccc(C(N)=O)nn2)CC1. The van der Waals surface area contributed by atoms with Crippen molar-refractivity contribution in [3.8, 4) is 0 Å². The molecule has 1 fully saturated rings. The molecule has 1 aliphatic carbocycles. The fraction of sp³-hybridized carbons (Fsp3) is 0.643. The molecule has 0 spiro atoms. The van der Waals surface area contributed by atoms with E-state index in [0.717, 1.165) is 31.6 Å². The van der Waals surface area contributed by atoms with Gasteiger partial charge in [-0.2, -0.15) is 0 Å². The molecule has 0 unspecified atom stereocenters. The van der Waals surface area contributed by atoms with E-state index < -0.39 is 11.5 Å². The van der Waals surface area contributed by atoms with E-state index in [9.17, 15) is 9.90 Å². The summed E-state index contributed by atoms with van der Waals surface area (Å²) in [5, 5.41) is 21.2. The minimum Gasteiger partial charge on any atom is -0.388 e. The van der Waals surface area contributed by atoms with Crippen molar-refractivity contribution in [1.29, 1.82) is 0 Å². The molecule has 1 heterocycles. The highest BCUT2D eigenvalue weighted by atomic mass is 16.3. The van der Waals surface area contributed by atoms with Crippen LogP contribution in [-0.2, 0) is 0 Å². The molecule has 0 radical (unpaired) electrons. The number of hydrogen-bond donors (Lipinski definition) is 3. The Labute approximate surface area is 118 Å². The lowest BCUT2D eigenvalue weighted by molar-refractivity contribution is 0.00221. The summed E-state index contributed by atoms with van der Waals surface area (Å²) in [4.78, 5) is 10.9. The summed E-state index contributed by atoms with van der Waals surface area (Å²) in [5.41, 5.74) is 4.57. The van der Waals surface area contributed by atoms with E-state index in [1.165, 1.54) is 12.5 Å². The van der Waals surface area contributed by atoms with Gasteiger partial charge in [-0.25, -0.2) is 0 Å². The number of nitrogens with one attached hydrogen (secondary N) is 1. The number of nitrogens with two attached hydrogens (primary N) is 1. The molecule has 1 saturated carbocycles. The van der Waals surface area contributed by atoms with Crippen molar-refractivity contribution in [3.63, 3.8) is 0 Å². The number of aromatic nitrogens is 2. The third-order valence-electron chi connectivity index (χ3n) is 4.13. The molecule has 0 atom stereocenters. The van der Waals surface area contributed by atoms with Crippen LogP contribution < -0.4 is 11.1 Å². The van der Waals surface area contributed by atoms with E-state index in [0.29, 0.717) is 12.4 Å². The number of carbonyl (C=O) groups is 1. The van der Waals surface area contributed by atoms with E-state index in [1.807, 2.05) is 0 Å². The molecule has 0 saturated heterocycles. The summed E-state index contributed by atoms with van der Waals surface area (Å²) in [7, 11) is 0. The van der Waals surface area contributed by atoms with Gasteiger partial charge in [0.2, 0.25) is 0 Å². The van der Waals surface area contributed by atoms with Crippen molar-refractivity contribution >= 4 is 11.7 Å². The van der Waals surface area contributed by atoms with Crippen molar-refractivity contribution < 1.29 is 9.90 Å². The Hall–Kier alpha value is -1.69. The van der Waals surface area contributed by atoms with Crippen molar-refractivity contribution in [2.24, 2.45) is 11.7 Å². The van der Waals surface area contributed by atoms with Gasteiger partial charge in [0.05, 0.1) is 5.60 Å². The Morgan fingerprint density at radius 1 is 1.45 bits per heavy atom. The standard InChI is InChI=1S/C14H22N4O2/c1-2-10-5-7-14(20,8-6-10)9-16-12-4-3-11(13(15)19)17-18-12/h3-4,10,20H,2,5-9H2,1H3,(H2,15,19)(H,16,18). The lowest BCUT2D eigenvalue weighted by atomic mass is 9.78. The Bertz CT molecular complexity index is 453. The molecule has 0 bridgehead atoms. The molecule has 1 aliphatic rings. The maximum Gasteiger partial charge on any atom is 0.269 e. The molecule has 0 aliphatic heterocycles. The van der Waals surface area contributed by atoms with Gasteiger partial charge in [-0.05, 0) is 43.7 Å². The van der Waals surface area contributed by atoms with Crippen LogP contribution in [0.15, 0.2) is 12.1 Å². The maximum absolute atomic E-state index is 10.9. The highest BCUT2D eigenvalue weighted by Gasteiger charge is 2.32. The zero-order valence-electron chi connectivity index (χ0n) is 11.8. The van der Waals surface area contributed by atoms with Crippen LogP contribution in [0.3, 0.4) is 0 Å². The molecule has 1 aromatic heterocycles. The van der Waals surface area contributed by atoms with Crippen LogP contribution in [0, 0.1) is 5.92 Å². The quantitative estimate of drug-likeness (QED) is 0.754. The Morgan fingerprint density at radius 3 is 2.65 bits per heavy atom.